The zero-order valence-electron chi connectivity index (χ0n) is 14.9. The second-order valence-corrected chi connectivity index (χ2v) is 7.23. The number of nitriles is 1. The lowest BCUT2D eigenvalue weighted by Gasteiger charge is -2.40. The molecular weight excluding hydrogens is 325 g/mol. The van der Waals surface area contributed by atoms with Crippen molar-refractivity contribution >= 4 is 10.9 Å². The number of hydrogen-bond donors (Lipinski definition) is 1. The molecule has 1 aliphatic rings. The molecule has 2 aromatic carbocycles. The van der Waals surface area contributed by atoms with Crippen molar-refractivity contribution < 1.29 is 4.39 Å². The minimum atomic E-state index is -0.200. The van der Waals surface area contributed by atoms with E-state index in [1.807, 2.05) is 30.3 Å². The van der Waals surface area contributed by atoms with Gasteiger partial charge in [0, 0.05) is 29.2 Å². The fourth-order valence-corrected chi connectivity index (χ4v) is 4.05. The normalized spacial score (nSPS) is 21.0. The van der Waals surface area contributed by atoms with Crippen LogP contribution < -0.4 is 0 Å². The lowest BCUT2D eigenvalue weighted by Crippen LogP contribution is -2.39. The van der Waals surface area contributed by atoms with Gasteiger partial charge < -0.3 is 4.98 Å². The molecular formula is C22H22FN3. The van der Waals surface area contributed by atoms with Gasteiger partial charge in [0.2, 0.25) is 0 Å². The number of nitrogens with zero attached hydrogens (tertiary/aromatic N) is 2. The summed E-state index contributed by atoms with van der Waals surface area (Å²) < 4.78 is 13.5. The highest BCUT2D eigenvalue weighted by Crippen LogP contribution is 2.36. The van der Waals surface area contributed by atoms with E-state index in [2.05, 4.69) is 28.9 Å². The van der Waals surface area contributed by atoms with E-state index in [1.165, 1.54) is 24.5 Å². The van der Waals surface area contributed by atoms with Gasteiger partial charge in [0.05, 0.1) is 17.7 Å². The SMILES string of the molecule is CC1CCCC(c2cc3cc(F)ccc3[nH]2)N1Cc1ccc(C#N)cc1. The van der Waals surface area contributed by atoms with Gasteiger partial charge >= 0.3 is 0 Å². The summed E-state index contributed by atoms with van der Waals surface area (Å²) in [6, 6.07) is 17.8. The summed E-state index contributed by atoms with van der Waals surface area (Å²) in [5, 5.41) is 9.91. The molecule has 0 bridgehead atoms. The predicted molar refractivity (Wildman–Crippen MR) is 101 cm³/mol. The Kier molecular flexibility index (Phi) is 4.48. The molecule has 0 saturated carbocycles. The molecule has 4 heteroatoms. The molecule has 2 unspecified atom stereocenters. The van der Waals surface area contributed by atoms with Crippen LogP contribution in [0.2, 0.25) is 0 Å². The van der Waals surface area contributed by atoms with Gasteiger partial charge in [0.1, 0.15) is 5.82 Å². The van der Waals surface area contributed by atoms with Crippen LogP contribution in [-0.2, 0) is 6.54 Å². The Morgan fingerprint density at radius 3 is 2.73 bits per heavy atom. The first-order valence-corrected chi connectivity index (χ1v) is 9.17. The highest BCUT2D eigenvalue weighted by Gasteiger charge is 2.30. The molecule has 3 nitrogen and oxygen atoms in total. The first-order chi connectivity index (χ1) is 12.6. The Labute approximate surface area is 153 Å². The lowest BCUT2D eigenvalue weighted by atomic mass is 9.93. The summed E-state index contributed by atoms with van der Waals surface area (Å²) in [5.74, 6) is -0.200. The Morgan fingerprint density at radius 1 is 1.15 bits per heavy atom. The molecule has 0 radical (unpaired) electrons. The second kappa shape index (κ2) is 6.93. The Hall–Kier alpha value is -2.64. The van der Waals surface area contributed by atoms with Gasteiger partial charge in [-0.05, 0) is 68.1 Å². The number of fused-ring (bicyclic) bond motifs is 1. The standard InChI is InChI=1S/C22H22FN3/c1-15-3-2-4-22(21-12-18-11-19(23)9-10-20(18)25-21)26(15)14-17-7-5-16(13-24)6-8-17/h5-12,15,22,25H,2-4,14H2,1H3. The lowest BCUT2D eigenvalue weighted by molar-refractivity contribution is 0.0822. The third kappa shape index (κ3) is 3.23. The molecule has 2 atom stereocenters. The fourth-order valence-electron chi connectivity index (χ4n) is 4.05. The van der Waals surface area contributed by atoms with Crippen LogP contribution in [0.25, 0.3) is 10.9 Å². The number of rotatable bonds is 3. The summed E-state index contributed by atoms with van der Waals surface area (Å²) in [6.07, 6.45) is 3.47. The quantitative estimate of drug-likeness (QED) is 0.699. The minimum Gasteiger partial charge on any atom is -0.357 e. The molecule has 0 spiro atoms. The van der Waals surface area contributed by atoms with E-state index in [-0.39, 0.29) is 5.82 Å². The number of benzene rings is 2. The molecule has 1 saturated heterocycles. The van der Waals surface area contributed by atoms with Gasteiger partial charge in [-0.3, -0.25) is 4.90 Å². The van der Waals surface area contributed by atoms with Gasteiger partial charge in [-0.15, -0.1) is 0 Å². The maximum atomic E-state index is 13.5. The number of halogens is 1. The van der Waals surface area contributed by atoms with Gasteiger partial charge in [-0.1, -0.05) is 12.1 Å². The van der Waals surface area contributed by atoms with Crippen LogP contribution in [0, 0.1) is 17.1 Å². The molecule has 132 valence electrons. The van der Waals surface area contributed by atoms with Gasteiger partial charge in [0.15, 0.2) is 0 Å². The Balaban J connectivity index is 1.64. The van der Waals surface area contributed by atoms with Crippen molar-refractivity contribution in [3.8, 4) is 6.07 Å². The van der Waals surface area contributed by atoms with Crippen LogP contribution >= 0.6 is 0 Å². The second-order valence-electron chi connectivity index (χ2n) is 7.23. The van der Waals surface area contributed by atoms with Crippen LogP contribution in [0.3, 0.4) is 0 Å². The number of likely N-dealkylation sites (tertiary alicyclic amines) is 1. The van der Waals surface area contributed by atoms with Crippen molar-refractivity contribution in [3.63, 3.8) is 0 Å². The highest BCUT2D eigenvalue weighted by molar-refractivity contribution is 5.80. The number of nitrogens with one attached hydrogen (secondary N) is 1. The van der Waals surface area contributed by atoms with Crippen molar-refractivity contribution in [1.29, 1.82) is 5.26 Å². The molecule has 1 aliphatic heterocycles. The number of piperidine rings is 1. The molecule has 26 heavy (non-hydrogen) atoms. The Bertz CT molecular complexity index is 952. The van der Waals surface area contributed by atoms with E-state index in [4.69, 9.17) is 5.26 Å². The van der Waals surface area contributed by atoms with E-state index >= 15 is 0 Å². The summed E-state index contributed by atoms with van der Waals surface area (Å²) in [5.41, 5.74) is 4.04. The van der Waals surface area contributed by atoms with Crippen LogP contribution in [0.15, 0.2) is 48.5 Å². The van der Waals surface area contributed by atoms with Crippen molar-refractivity contribution in [2.45, 2.75) is 44.8 Å². The average molecular weight is 347 g/mol. The molecule has 2 heterocycles. The zero-order chi connectivity index (χ0) is 18.1. The Morgan fingerprint density at radius 2 is 1.96 bits per heavy atom. The summed E-state index contributed by atoms with van der Waals surface area (Å²) >= 11 is 0. The van der Waals surface area contributed by atoms with Crippen molar-refractivity contribution in [1.82, 2.24) is 9.88 Å². The number of aromatic nitrogens is 1. The number of aromatic amines is 1. The van der Waals surface area contributed by atoms with Crippen molar-refractivity contribution in [2.75, 3.05) is 0 Å². The van der Waals surface area contributed by atoms with E-state index in [9.17, 15) is 4.39 Å². The van der Waals surface area contributed by atoms with Crippen LogP contribution in [0.1, 0.15) is 49.0 Å². The van der Waals surface area contributed by atoms with E-state index in [0.717, 1.165) is 29.6 Å². The van der Waals surface area contributed by atoms with Gasteiger partial charge in [-0.2, -0.15) is 5.26 Å². The molecule has 1 aromatic heterocycles. The third-order valence-corrected chi connectivity index (χ3v) is 5.48. The average Bonchev–Trinajstić information content (AvgIpc) is 3.07. The minimum absolute atomic E-state index is 0.200. The molecule has 0 aliphatic carbocycles. The predicted octanol–water partition coefficient (Wildman–Crippen LogP) is 5.29. The van der Waals surface area contributed by atoms with Gasteiger partial charge in [-0.25, -0.2) is 4.39 Å². The monoisotopic (exact) mass is 347 g/mol. The van der Waals surface area contributed by atoms with Gasteiger partial charge in [0.25, 0.3) is 0 Å². The van der Waals surface area contributed by atoms with Crippen LogP contribution in [-0.4, -0.2) is 15.9 Å². The maximum Gasteiger partial charge on any atom is 0.123 e. The van der Waals surface area contributed by atoms with Crippen molar-refractivity contribution in [3.05, 3.63) is 71.2 Å². The molecule has 3 aromatic rings. The van der Waals surface area contributed by atoms with Crippen LogP contribution in [0.5, 0.6) is 0 Å². The van der Waals surface area contributed by atoms with E-state index in [0.29, 0.717) is 17.6 Å². The summed E-state index contributed by atoms with van der Waals surface area (Å²) in [7, 11) is 0. The van der Waals surface area contributed by atoms with Crippen LogP contribution in [0.4, 0.5) is 4.39 Å². The first-order valence-electron chi connectivity index (χ1n) is 9.17. The first kappa shape index (κ1) is 16.8. The van der Waals surface area contributed by atoms with E-state index in [1.54, 1.807) is 6.07 Å². The molecule has 1 N–H and O–H groups in total. The maximum absolute atomic E-state index is 13.5. The number of hydrogen-bond acceptors (Lipinski definition) is 2. The zero-order valence-corrected chi connectivity index (χ0v) is 14.9. The van der Waals surface area contributed by atoms with E-state index < -0.39 is 0 Å². The van der Waals surface area contributed by atoms with Crippen molar-refractivity contribution in [2.24, 2.45) is 0 Å². The molecule has 1 fully saturated rings. The third-order valence-electron chi connectivity index (χ3n) is 5.48. The molecule has 0 amide bonds. The smallest absolute Gasteiger partial charge is 0.123 e. The topological polar surface area (TPSA) is 42.8 Å². The largest absolute Gasteiger partial charge is 0.357 e. The fraction of sp³-hybridized carbons (Fsp3) is 0.318. The summed E-state index contributed by atoms with van der Waals surface area (Å²) in [4.78, 5) is 6.02. The molecule has 4 rings (SSSR count). The highest BCUT2D eigenvalue weighted by atomic mass is 19.1. The number of H-pyrrole nitrogens is 1. The summed E-state index contributed by atoms with van der Waals surface area (Å²) in [6.45, 7) is 3.12.